The van der Waals surface area contributed by atoms with E-state index in [1.54, 1.807) is 13.2 Å². The van der Waals surface area contributed by atoms with Crippen LogP contribution in [0, 0.1) is 17.8 Å². The molecule has 4 aliphatic rings. The summed E-state index contributed by atoms with van der Waals surface area (Å²) in [6.07, 6.45) is 11.2. The first-order chi connectivity index (χ1) is 16.8. The molecule has 0 aliphatic heterocycles. The third kappa shape index (κ3) is 4.94. The first-order valence-corrected chi connectivity index (χ1v) is 13.0. The summed E-state index contributed by atoms with van der Waals surface area (Å²) in [6.45, 7) is 1.88. The Balaban J connectivity index is 1.33. The molecule has 0 atom stereocenters. The van der Waals surface area contributed by atoms with Gasteiger partial charge in [-0.15, -0.1) is 0 Å². The van der Waals surface area contributed by atoms with Gasteiger partial charge in [0.25, 0.3) is 0 Å². The van der Waals surface area contributed by atoms with Crippen molar-refractivity contribution < 1.29 is 17.9 Å². The Morgan fingerprint density at radius 3 is 2.29 bits per heavy atom. The van der Waals surface area contributed by atoms with Crippen LogP contribution in [0.3, 0.4) is 0 Å². The quantitative estimate of drug-likeness (QED) is 0.360. The van der Waals surface area contributed by atoms with Crippen molar-refractivity contribution in [3.63, 3.8) is 0 Å². The Labute approximate surface area is 207 Å². The van der Waals surface area contributed by atoms with Gasteiger partial charge < -0.3 is 4.74 Å². The molecule has 6 rings (SSSR count). The normalized spacial score (nSPS) is 28.1. The van der Waals surface area contributed by atoms with E-state index >= 15 is 0 Å². The van der Waals surface area contributed by atoms with Gasteiger partial charge in [0.05, 0.1) is 12.7 Å². The fraction of sp³-hybridized carbons (Fsp3) is 0.484. The summed E-state index contributed by atoms with van der Waals surface area (Å²) in [7, 11) is 1.78. The maximum absolute atomic E-state index is 13.2. The van der Waals surface area contributed by atoms with Gasteiger partial charge in [-0.25, -0.2) is 0 Å². The van der Waals surface area contributed by atoms with Gasteiger partial charge in [0.1, 0.15) is 5.75 Å². The van der Waals surface area contributed by atoms with Crippen LogP contribution in [-0.4, -0.2) is 7.11 Å². The molecule has 4 saturated carbocycles. The molecule has 0 heterocycles. The number of allylic oxidation sites excluding steroid dienone is 4. The molecule has 35 heavy (non-hydrogen) atoms. The molecular formula is C31H35F3O. The van der Waals surface area contributed by atoms with Gasteiger partial charge in [-0.05, 0) is 116 Å². The fourth-order valence-electron chi connectivity index (χ4n) is 7.50. The first kappa shape index (κ1) is 24.2. The van der Waals surface area contributed by atoms with Crippen LogP contribution in [0.2, 0.25) is 0 Å². The molecular weight excluding hydrogens is 445 g/mol. The number of benzene rings is 2. The highest BCUT2D eigenvalue weighted by Gasteiger charge is 2.52. The average molecular weight is 481 g/mol. The van der Waals surface area contributed by atoms with Crippen LogP contribution in [0.5, 0.6) is 5.75 Å². The van der Waals surface area contributed by atoms with E-state index in [1.165, 1.54) is 61.8 Å². The zero-order valence-corrected chi connectivity index (χ0v) is 20.7. The van der Waals surface area contributed by atoms with Crippen LogP contribution < -0.4 is 4.74 Å². The van der Waals surface area contributed by atoms with Crippen molar-refractivity contribution >= 4 is 5.57 Å². The first-order valence-electron chi connectivity index (χ1n) is 13.0. The van der Waals surface area contributed by atoms with Crippen LogP contribution >= 0.6 is 0 Å². The predicted octanol–water partition coefficient (Wildman–Crippen LogP) is 8.77. The van der Waals surface area contributed by atoms with Crippen molar-refractivity contribution in [3.8, 4) is 5.75 Å². The highest BCUT2D eigenvalue weighted by atomic mass is 19.4. The Kier molecular flexibility index (Phi) is 6.59. The number of hydrogen-bond donors (Lipinski definition) is 0. The van der Waals surface area contributed by atoms with Crippen molar-refractivity contribution in [1.29, 1.82) is 0 Å². The molecule has 0 radical (unpaired) electrons. The molecule has 186 valence electrons. The van der Waals surface area contributed by atoms with Crippen LogP contribution in [-0.2, 0) is 18.0 Å². The lowest BCUT2D eigenvalue weighted by molar-refractivity contribution is -0.137. The summed E-state index contributed by atoms with van der Waals surface area (Å²) in [5.74, 6) is 3.67. The summed E-state index contributed by atoms with van der Waals surface area (Å²) in [5, 5.41) is 0. The van der Waals surface area contributed by atoms with Crippen LogP contribution in [0.1, 0.15) is 74.1 Å². The second-order valence-electron chi connectivity index (χ2n) is 11.0. The molecule has 0 saturated heterocycles. The van der Waals surface area contributed by atoms with Gasteiger partial charge >= 0.3 is 6.18 Å². The standard InChI is InChI=1S/C31H35F3O/c1-3-6-25(26-9-5-10-27(17-26)31(32,33)34)8-4-7-21-11-12-28(29(16-21)35-2)30-18-22-13-23(19-30)15-24(14-22)20-30/h3,5-6,8-12,16-17,22-24H,4,7,13-15,18-20H2,1-2H3/b6-3?,25-8-. The molecule has 0 amide bonds. The molecule has 0 unspecified atom stereocenters. The fourth-order valence-corrected chi connectivity index (χ4v) is 7.50. The van der Waals surface area contributed by atoms with Gasteiger partial charge in [-0.1, -0.05) is 42.5 Å². The molecule has 2 aromatic carbocycles. The van der Waals surface area contributed by atoms with Crippen molar-refractivity contribution in [3.05, 3.63) is 82.9 Å². The molecule has 0 N–H and O–H groups in total. The van der Waals surface area contributed by atoms with E-state index < -0.39 is 11.7 Å². The third-order valence-corrected chi connectivity index (χ3v) is 8.54. The number of alkyl halides is 3. The molecule has 4 fully saturated rings. The summed E-state index contributed by atoms with van der Waals surface area (Å²) in [4.78, 5) is 0. The molecule has 4 aliphatic carbocycles. The number of halogens is 3. The number of rotatable bonds is 7. The minimum Gasteiger partial charge on any atom is -0.496 e. The zero-order valence-electron chi connectivity index (χ0n) is 20.7. The largest absolute Gasteiger partial charge is 0.496 e. The lowest BCUT2D eigenvalue weighted by Crippen LogP contribution is -2.48. The maximum Gasteiger partial charge on any atom is 0.416 e. The van der Waals surface area contributed by atoms with E-state index in [-0.39, 0.29) is 0 Å². The summed E-state index contributed by atoms with van der Waals surface area (Å²) >= 11 is 0. The Morgan fingerprint density at radius 2 is 1.69 bits per heavy atom. The third-order valence-electron chi connectivity index (χ3n) is 8.54. The molecule has 4 bridgehead atoms. The highest BCUT2D eigenvalue weighted by Crippen LogP contribution is 2.61. The van der Waals surface area contributed by atoms with Gasteiger partial charge in [0, 0.05) is 5.56 Å². The van der Waals surface area contributed by atoms with Crippen molar-refractivity contribution in [1.82, 2.24) is 0 Å². The van der Waals surface area contributed by atoms with E-state index in [0.717, 1.165) is 48.0 Å². The Morgan fingerprint density at radius 1 is 1.00 bits per heavy atom. The lowest BCUT2D eigenvalue weighted by atomic mass is 9.48. The SMILES string of the molecule is CC=C/C(=C/CCc1ccc(C23CC4CC(CC(C4)C2)C3)c(OC)c1)c1cccc(C(F)(F)F)c1. The van der Waals surface area contributed by atoms with Crippen LogP contribution in [0.25, 0.3) is 5.57 Å². The smallest absolute Gasteiger partial charge is 0.416 e. The predicted molar refractivity (Wildman–Crippen MR) is 135 cm³/mol. The lowest BCUT2D eigenvalue weighted by Gasteiger charge is -2.57. The van der Waals surface area contributed by atoms with E-state index in [2.05, 4.69) is 18.2 Å². The van der Waals surface area contributed by atoms with Crippen molar-refractivity contribution in [2.45, 2.75) is 69.9 Å². The molecule has 0 spiro atoms. The highest BCUT2D eigenvalue weighted by molar-refractivity contribution is 5.74. The van der Waals surface area contributed by atoms with E-state index in [0.29, 0.717) is 11.0 Å². The Hall–Kier alpha value is -2.49. The topological polar surface area (TPSA) is 9.23 Å². The van der Waals surface area contributed by atoms with Gasteiger partial charge in [0.15, 0.2) is 0 Å². The summed E-state index contributed by atoms with van der Waals surface area (Å²) in [6, 6.07) is 12.3. The van der Waals surface area contributed by atoms with Crippen LogP contribution in [0.4, 0.5) is 13.2 Å². The Bertz CT molecular complexity index is 1090. The second kappa shape index (κ2) is 9.52. The minimum absolute atomic E-state index is 0.293. The molecule has 4 heteroatoms. The second-order valence-corrected chi connectivity index (χ2v) is 11.0. The summed E-state index contributed by atoms with van der Waals surface area (Å²) < 4.78 is 45.5. The summed E-state index contributed by atoms with van der Waals surface area (Å²) in [5.41, 5.74) is 3.69. The van der Waals surface area contributed by atoms with Crippen LogP contribution in [0.15, 0.2) is 60.7 Å². The zero-order chi connectivity index (χ0) is 24.6. The van der Waals surface area contributed by atoms with E-state index in [4.69, 9.17) is 4.74 Å². The molecule has 1 nitrogen and oxygen atoms in total. The van der Waals surface area contributed by atoms with Gasteiger partial charge in [0.2, 0.25) is 0 Å². The average Bonchev–Trinajstić information content (AvgIpc) is 2.82. The molecule has 2 aromatic rings. The monoisotopic (exact) mass is 480 g/mol. The van der Waals surface area contributed by atoms with E-state index in [9.17, 15) is 13.2 Å². The number of hydrogen-bond acceptors (Lipinski definition) is 1. The molecule has 0 aromatic heterocycles. The number of methoxy groups -OCH3 is 1. The van der Waals surface area contributed by atoms with E-state index in [1.807, 2.05) is 25.2 Å². The number of aryl methyl sites for hydroxylation is 1. The van der Waals surface area contributed by atoms with Gasteiger partial charge in [-0.2, -0.15) is 13.2 Å². The minimum atomic E-state index is -4.34. The van der Waals surface area contributed by atoms with Crippen molar-refractivity contribution in [2.75, 3.05) is 7.11 Å². The van der Waals surface area contributed by atoms with Gasteiger partial charge in [-0.3, -0.25) is 0 Å². The van der Waals surface area contributed by atoms with Crippen molar-refractivity contribution in [2.24, 2.45) is 17.8 Å². The maximum atomic E-state index is 13.2. The number of ether oxygens (including phenoxy) is 1.